The molecule has 0 radical (unpaired) electrons. The van der Waals surface area contributed by atoms with Crippen molar-refractivity contribution in [1.82, 2.24) is 4.98 Å². The fourth-order valence-corrected chi connectivity index (χ4v) is 1.54. The number of nitrogens with zero attached hydrogens (tertiary/aromatic N) is 1. The number of carboxylic acids is 1. The number of aromatic nitrogens is 1. The third kappa shape index (κ3) is 5.78. The van der Waals surface area contributed by atoms with Crippen LogP contribution >= 0.6 is 11.6 Å². The summed E-state index contributed by atoms with van der Waals surface area (Å²) < 4.78 is 35.6. The SMILES string of the molecule is O=C(O)c1nc(NCCCCC(F)(F)F)ccc1Cl. The molecule has 8 heteroatoms. The van der Waals surface area contributed by atoms with Gasteiger partial charge in [-0.1, -0.05) is 11.6 Å². The number of rotatable bonds is 6. The van der Waals surface area contributed by atoms with Crippen LogP contribution in [0.2, 0.25) is 5.02 Å². The van der Waals surface area contributed by atoms with Gasteiger partial charge in [-0.25, -0.2) is 9.78 Å². The molecule has 0 spiro atoms. The van der Waals surface area contributed by atoms with Crippen LogP contribution in [0, 0.1) is 0 Å². The molecular formula is C11H12ClF3N2O2. The molecule has 0 saturated heterocycles. The van der Waals surface area contributed by atoms with E-state index in [0.29, 0.717) is 6.42 Å². The van der Waals surface area contributed by atoms with Gasteiger partial charge >= 0.3 is 12.1 Å². The van der Waals surface area contributed by atoms with E-state index < -0.39 is 18.6 Å². The monoisotopic (exact) mass is 296 g/mol. The zero-order valence-electron chi connectivity index (χ0n) is 9.80. The molecule has 1 heterocycles. The fraction of sp³-hybridized carbons (Fsp3) is 0.455. The number of pyridine rings is 1. The first-order chi connectivity index (χ1) is 8.79. The summed E-state index contributed by atoms with van der Waals surface area (Å²) in [5.41, 5.74) is -0.290. The van der Waals surface area contributed by atoms with Crippen molar-refractivity contribution in [2.24, 2.45) is 0 Å². The molecule has 0 aliphatic carbocycles. The zero-order chi connectivity index (χ0) is 14.5. The lowest BCUT2D eigenvalue weighted by atomic mass is 10.2. The predicted octanol–water partition coefficient (Wildman–Crippen LogP) is 3.58. The second kappa shape index (κ2) is 6.60. The number of halogens is 4. The van der Waals surface area contributed by atoms with Gasteiger partial charge in [-0.3, -0.25) is 0 Å². The summed E-state index contributed by atoms with van der Waals surface area (Å²) >= 11 is 5.63. The molecule has 0 fully saturated rings. The molecule has 1 aromatic rings. The normalized spacial score (nSPS) is 11.4. The number of carboxylic acid groups (broad SMARTS) is 1. The third-order valence-electron chi connectivity index (χ3n) is 2.24. The van der Waals surface area contributed by atoms with Crippen molar-refractivity contribution in [1.29, 1.82) is 0 Å². The quantitative estimate of drug-likeness (QED) is 0.788. The molecule has 2 N–H and O–H groups in total. The summed E-state index contributed by atoms with van der Waals surface area (Å²) in [7, 11) is 0. The number of hydrogen-bond donors (Lipinski definition) is 2. The molecule has 0 aliphatic heterocycles. The molecule has 4 nitrogen and oxygen atoms in total. The van der Waals surface area contributed by atoms with Crippen molar-refractivity contribution < 1.29 is 23.1 Å². The van der Waals surface area contributed by atoms with Gasteiger partial charge in [0.15, 0.2) is 5.69 Å². The number of nitrogens with one attached hydrogen (secondary N) is 1. The van der Waals surface area contributed by atoms with Crippen molar-refractivity contribution >= 4 is 23.4 Å². The minimum atomic E-state index is -4.14. The predicted molar refractivity (Wildman–Crippen MR) is 64.6 cm³/mol. The Morgan fingerprint density at radius 2 is 2.05 bits per heavy atom. The van der Waals surface area contributed by atoms with Crippen molar-refractivity contribution in [3.8, 4) is 0 Å². The van der Waals surface area contributed by atoms with Crippen LogP contribution in [0.1, 0.15) is 29.8 Å². The summed E-state index contributed by atoms with van der Waals surface area (Å²) in [6.45, 7) is 0.282. The van der Waals surface area contributed by atoms with E-state index in [0.717, 1.165) is 0 Å². The third-order valence-corrected chi connectivity index (χ3v) is 2.55. The average molecular weight is 297 g/mol. The summed E-state index contributed by atoms with van der Waals surface area (Å²) in [6, 6.07) is 2.84. The highest BCUT2D eigenvalue weighted by atomic mass is 35.5. The molecule has 0 atom stereocenters. The highest BCUT2D eigenvalue weighted by Crippen LogP contribution is 2.22. The molecule has 0 aliphatic rings. The second-order valence-electron chi connectivity index (χ2n) is 3.83. The Balaban J connectivity index is 2.42. The van der Waals surface area contributed by atoms with Crippen molar-refractivity contribution in [2.75, 3.05) is 11.9 Å². The molecule has 19 heavy (non-hydrogen) atoms. The van der Waals surface area contributed by atoms with Crippen LogP contribution in [0.5, 0.6) is 0 Å². The van der Waals surface area contributed by atoms with E-state index in [1.54, 1.807) is 0 Å². The average Bonchev–Trinajstić information content (AvgIpc) is 2.29. The summed E-state index contributed by atoms with van der Waals surface area (Å²) in [5, 5.41) is 11.6. The van der Waals surface area contributed by atoms with Crippen LogP contribution < -0.4 is 5.32 Å². The Labute approximate surface area is 112 Å². The number of aromatic carboxylic acids is 1. The molecule has 106 valence electrons. The molecule has 0 aromatic carbocycles. The number of carbonyl (C=O) groups is 1. The van der Waals surface area contributed by atoms with E-state index in [2.05, 4.69) is 10.3 Å². The topological polar surface area (TPSA) is 62.2 Å². The standard InChI is InChI=1S/C11H12ClF3N2O2/c12-7-3-4-8(17-9(7)10(18)19)16-6-2-1-5-11(13,14)15/h3-4H,1-2,5-6H2,(H,16,17)(H,18,19). The Morgan fingerprint density at radius 3 is 2.63 bits per heavy atom. The van der Waals surface area contributed by atoms with Crippen LogP contribution in [0.25, 0.3) is 0 Å². The Bertz CT molecular complexity index is 452. The minimum Gasteiger partial charge on any atom is -0.476 e. The lowest BCUT2D eigenvalue weighted by Crippen LogP contribution is -2.10. The number of unbranched alkanes of at least 4 members (excludes halogenated alkanes) is 1. The van der Waals surface area contributed by atoms with Crippen LogP contribution in [0.3, 0.4) is 0 Å². The first-order valence-corrected chi connectivity index (χ1v) is 5.88. The smallest absolute Gasteiger partial charge is 0.389 e. The number of hydrogen-bond acceptors (Lipinski definition) is 3. The van der Waals surface area contributed by atoms with Gasteiger partial charge in [-0.15, -0.1) is 0 Å². The number of alkyl halides is 3. The van der Waals surface area contributed by atoms with E-state index in [1.807, 2.05) is 0 Å². The van der Waals surface area contributed by atoms with E-state index >= 15 is 0 Å². The van der Waals surface area contributed by atoms with Gasteiger partial charge in [0.2, 0.25) is 0 Å². The highest BCUT2D eigenvalue weighted by molar-refractivity contribution is 6.33. The summed E-state index contributed by atoms with van der Waals surface area (Å²) in [5.74, 6) is -0.987. The van der Waals surface area contributed by atoms with Crippen LogP contribution in [0.15, 0.2) is 12.1 Å². The first kappa shape index (κ1) is 15.6. The lowest BCUT2D eigenvalue weighted by Gasteiger charge is -2.08. The highest BCUT2D eigenvalue weighted by Gasteiger charge is 2.25. The van der Waals surface area contributed by atoms with Gasteiger partial charge in [0.25, 0.3) is 0 Å². The van der Waals surface area contributed by atoms with Gasteiger partial charge < -0.3 is 10.4 Å². The van der Waals surface area contributed by atoms with Crippen molar-refractivity contribution in [3.05, 3.63) is 22.8 Å². The maximum Gasteiger partial charge on any atom is 0.389 e. The zero-order valence-corrected chi connectivity index (χ0v) is 10.6. The van der Waals surface area contributed by atoms with Crippen LogP contribution in [-0.4, -0.2) is 28.8 Å². The second-order valence-corrected chi connectivity index (χ2v) is 4.24. The van der Waals surface area contributed by atoms with Crippen LogP contribution in [0.4, 0.5) is 19.0 Å². The molecular weight excluding hydrogens is 285 g/mol. The maximum absolute atomic E-state index is 11.9. The minimum absolute atomic E-state index is 0.00937. The fourth-order valence-electron chi connectivity index (χ4n) is 1.36. The molecule has 0 saturated carbocycles. The largest absolute Gasteiger partial charge is 0.476 e. The van der Waals surface area contributed by atoms with Gasteiger partial charge in [-0.2, -0.15) is 13.2 Å². The Kier molecular flexibility index (Phi) is 5.41. The van der Waals surface area contributed by atoms with Gasteiger partial charge in [0.1, 0.15) is 5.82 Å². The van der Waals surface area contributed by atoms with Crippen LogP contribution in [-0.2, 0) is 0 Å². The van der Waals surface area contributed by atoms with E-state index in [-0.39, 0.29) is 29.5 Å². The van der Waals surface area contributed by atoms with E-state index in [1.165, 1.54) is 12.1 Å². The number of anilines is 1. The molecule has 0 bridgehead atoms. The van der Waals surface area contributed by atoms with Gasteiger partial charge in [-0.05, 0) is 25.0 Å². The van der Waals surface area contributed by atoms with Gasteiger partial charge in [0.05, 0.1) is 5.02 Å². The summed E-state index contributed by atoms with van der Waals surface area (Å²) in [4.78, 5) is 14.5. The van der Waals surface area contributed by atoms with E-state index in [9.17, 15) is 18.0 Å². The van der Waals surface area contributed by atoms with E-state index in [4.69, 9.17) is 16.7 Å². The molecule has 0 unspecified atom stereocenters. The Hall–Kier alpha value is -1.50. The maximum atomic E-state index is 11.9. The van der Waals surface area contributed by atoms with Crippen molar-refractivity contribution in [3.63, 3.8) is 0 Å². The van der Waals surface area contributed by atoms with Gasteiger partial charge in [0, 0.05) is 13.0 Å². The molecule has 1 aromatic heterocycles. The molecule has 1 rings (SSSR count). The lowest BCUT2D eigenvalue weighted by molar-refractivity contribution is -0.135. The summed E-state index contributed by atoms with van der Waals surface area (Å²) in [6.07, 6.45) is -4.65. The molecule has 0 amide bonds. The Morgan fingerprint density at radius 1 is 1.37 bits per heavy atom. The van der Waals surface area contributed by atoms with Crippen molar-refractivity contribution in [2.45, 2.75) is 25.4 Å². The first-order valence-electron chi connectivity index (χ1n) is 5.50.